The van der Waals surface area contributed by atoms with Crippen molar-refractivity contribution in [3.63, 3.8) is 0 Å². The summed E-state index contributed by atoms with van der Waals surface area (Å²) in [4.78, 5) is 25.6. The van der Waals surface area contributed by atoms with Gasteiger partial charge in [-0.2, -0.15) is 0 Å². The zero-order valence-electron chi connectivity index (χ0n) is 15.2. The standard InChI is InChI=1S/C21H24N2O2/c1-13-8-9-17(16(4)12-13)22-19(24)21(10-11-21)20(25)23-18-14(2)6-5-7-15(18)3/h5-9,12H,10-11H2,1-4H3,(H,22,24)(H,23,25). The molecule has 0 spiro atoms. The molecule has 0 bridgehead atoms. The zero-order chi connectivity index (χ0) is 18.2. The fourth-order valence-electron chi connectivity index (χ4n) is 3.12. The quantitative estimate of drug-likeness (QED) is 0.819. The third-order valence-corrected chi connectivity index (χ3v) is 4.97. The minimum Gasteiger partial charge on any atom is -0.325 e. The summed E-state index contributed by atoms with van der Waals surface area (Å²) in [5.74, 6) is -0.435. The van der Waals surface area contributed by atoms with Crippen LogP contribution in [0.4, 0.5) is 11.4 Å². The van der Waals surface area contributed by atoms with E-state index in [0.717, 1.165) is 33.6 Å². The number of nitrogens with one attached hydrogen (secondary N) is 2. The second kappa shape index (κ2) is 6.36. The summed E-state index contributed by atoms with van der Waals surface area (Å²) in [6.45, 7) is 7.88. The second-order valence-electron chi connectivity index (χ2n) is 7.08. The van der Waals surface area contributed by atoms with E-state index in [4.69, 9.17) is 0 Å². The molecule has 0 unspecified atom stereocenters. The smallest absolute Gasteiger partial charge is 0.240 e. The molecule has 1 aliphatic carbocycles. The van der Waals surface area contributed by atoms with Crippen molar-refractivity contribution in [3.8, 4) is 0 Å². The van der Waals surface area contributed by atoms with Crippen molar-refractivity contribution < 1.29 is 9.59 Å². The van der Waals surface area contributed by atoms with E-state index >= 15 is 0 Å². The number of hydrogen-bond donors (Lipinski definition) is 2. The van der Waals surface area contributed by atoms with Gasteiger partial charge in [-0.15, -0.1) is 0 Å². The van der Waals surface area contributed by atoms with Gasteiger partial charge in [-0.1, -0.05) is 35.9 Å². The molecule has 1 fully saturated rings. The first-order valence-electron chi connectivity index (χ1n) is 8.60. The van der Waals surface area contributed by atoms with E-state index in [0.29, 0.717) is 12.8 Å². The molecule has 1 saturated carbocycles. The van der Waals surface area contributed by atoms with Crippen molar-refractivity contribution in [3.05, 3.63) is 58.7 Å². The molecular weight excluding hydrogens is 312 g/mol. The number of rotatable bonds is 4. The first-order valence-corrected chi connectivity index (χ1v) is 8.60. The van der Waals surface area contributed by atoms with Gasteiger partial charge in [0.25, 0.3) is 0 Å². The molecule has 2 amide bonds. The molecule has 0 aromatic heterocycles. The van der Waals surface area contributed by atoms with E-state index in [9.17, 15) is 9.59 Å². The van der Waals surface area contributed by atoms with Crippen LogP contribution in [0.2, 0.25) is 0 Å². The Morgan fingerprint density at radius 2 is 1.44 bits per heavy atom. The summed E-state index contributed by atoms with van der Waals surface area (Å²) in [5.41, 5.74) is 4.76. The van der Waals surface area contributed by atoms with Crippen LogP contribution in [0.3, 0.4) is 0 Å². The number of aryl methyl sites for hydroxylation is 4. The lowest BCUT2D eigenvalue weighted by atomic mass is 10.0. The Bertz CT molecular complexity index is 831. The number of anilines is 2. The molecule has 130 valence electrons. The first-order chi connectivity index (χ1) is 11.8. The van der Waals surface area contributed by atoms with Crippen LogP contribution < -0.4 is 10.6 Å². The van der Waals surface area contributed by atoms with Crippen molar-refractivity contribution in [1.29, 1.82) is 0 Å². The topological polar surface area (TPSA) is 58.2 Å². The fourth-order valence-corrected chi connectivity index (χ4v) is 3.12. The molecule has 0 aliphatic heterocycles. The highest BCUT2D eigenvalue weighted by atomic mass is 16.2. The molecule has 0 atom stereocenters. The van der Waals surface area contributed by atoms with Gasteiger partial charge in [0.15, 0.2) is 0 Å². The Morgan fingerprint density at radius 1 is 0.840 bits per heavy atom. The van der Waals surface area contributed by atoms with Gasteiger partial charge < -0.3 is 10.6 Å². The van der Waals surface area contributed by atoms with Crippen molar-refractivity contribution in [2.75, 3.05) is 10.6 Å². The summed E-state index contributed by atoms with van der Waals surface area (Å²) in [7, 11) is 0. The number of carbonyl (C=O) groups is 2. The lowest BCUT2D eigenvalue weighted by Crippen LogP contribution is -2.36. The zero-order valence-corrected chi connectivity index (χ0v) is 15.2. The summed E-state index contributed by atoms with van der Waals surface area (Å²) in [5, 5.41) is 5.91. The molecule has 0 heterocycles. The SMILES string of the molecule is Cc1ccc(NC(=O)C2(C(=O)Nc3c(C)cccc3C)CC2)c(C)c1. The maximum absolute atomic E-state index is 12.8. The number of benzene rings is 2. The third kappa shape index (κ3) is 3.29. The van der Waals surface area contributed by atoms with E-state index < -0.39 is 5.41 Å². The molecule has 1 aliphatic rings. The third-order valence-electron chi connectivity index (χ3n) is 4.97. The van der Waals surface area contributed by atoms with Crippen molar-refractivity contribution >= 4 is 23.2 Å². The Balaban J connectivity index is 1.77. The largest absolute Gasteiger partial charge is 0.325 e. The van der Waals surface area contributed by atoms with E-state index in [1.54, 1.807) is 0 Å². The average Bonchev–Trinajstić information content (AvgIpc) is 3.35. The van der Waals surface area contributed by atoms with Gasteiger partial charge in [0.05, 0.1) is 0 Å². The van der Waals surface area contributed by atoms with Crippen molar-refractivity contribution in [2.24, 2.45) is 5.41 Å². The maximum Gasteiger partial charge on any atom is 0.240 e. The highest BCUT2D eigenvalue weighted by Crippen LogP contribution is 2.48. The predicted molar refractivity (Wildman–Crippen MR) is 101 cm³/mol. The molecule has 0 radical (unpaired) electrons. The normalized spacial score (nSPS) is 14.7. The van der Waals surface area contributed by atoms with Crippen LogP contribution in [-0.2, 0) is 9.59 Å². The van der Waals surface area contributed by atoms with E-state index in [1.165, 1.54) is 0 Å². The number of carbonyl (C=O) groups excluding carboxylic acids is 2. The molecule has 2 N–H and O–H groups in total. The fraction of sp³-hybridized carbons (Fsp3) is 0.333. The Morgan fingerprint density at radius 3 is 2.00 bits per heavy atom. The summed E-state index contributed by atoms with van der Waals surface area (Å²) < 4.78 is 0. The molecule has 25 heavy (non-hydrogen) atoms. The van der Waals surface area contributed by atoms with Gasteiger partial charge in [-0.05, 0) is 63.3 Å². The monoisotopic (exact) mass is 336 g/mol. The van der Waals surface area contributed by atoms with Crippen LogP contribution in [0.5, 0.6) is 0 Å². The maximum atomic E-state index is 12.8. The molecular formula is C21H24N2O2. The van der Waals surface area contributed by atoms with Crippen LogP contribution in [0.25, 0.3) is 0 Å². The summed E-state index contributed by atoms with van der Waals surface area (Å²) in [6.07, 6.45) is 1.17. The van der Waals surface area contributed by atoms with Gasteiger partial charge in [-0.25, -0.2) is 0 Å². The van der Waals surface area contributed by atoms with E-state index in [2.05, 4.69) is 10.6 Å². The summed E-state index contributed by atoms with van der Waals surface area (Å²) in [6, 6.07) is 11.7. The number of amides is 2. The van der Waals surface area contributed by atoms with Crippen LogP contribution in [-0.4, -0.2) is 11.8 Å². The highest BCUT2D eigenvalue weighted by Gasteiger charge is 2.56. The predicted octanol–water partition coefficient (Wildman–Crippen LogP) is 4.28. The van der Waals surface area contributed by atoms with E-state index in [1.807, 2.05) is 64.1 Å². The molecule has 2 aromatic rings. The van der Waals surface area contributed by atoms with Crippen LogP contribution in [0, 0.1) is 33.1 Å². The Hall–Kier alpha value is -2.62. The van der Waals surface area contributed by atoms with Crippen molar-refractivity contribution in [1.82, 2.24) is 0 Å². The lowest BCUT2D eigenvalue weighted by Gasteiger charge is -2.18. The van der Waals surface area contributed by atoms with Gasteiger partial charge in [-0.3, -0.25) is 9.59 Å². The first kappa shape index (κ1) is 17.2. The van der Waals surface area contributed by atoms with Gasteiger partial charge in [0, 0.05) is 11.4 Å². The molecule has 4 nitrogen and oxygen atoms in total. The van der Waals surface area contributed by atoms with Gasteiger partial charge in [0.2, 0.25) is 11.8 Å². The van der Waals surface area contributed by atoms with Crippen molar-refractivity contribution in [2.45, 2.75) is 40.5 Å². The average molecular weight is 336 g/mol. The Labute approximate surface area is 148 Å². The van der Waals surface area contributed by atoms with Gasteiger partial charge >= 0.3 is 0 Å². The number of hydrogen-bond acceptors (Lipinski definition) is 2. The Kier molecular flexibility index (Phi) is 4.38. The van der Waals surface area contributed by atoms with Crippen LogP contribution in [0.15, 0.2) is 36.4 Å². The highest BCUT2D eigenvalue weighted by molar-refractivity contribution is 6.17. The van der Waals surface area contributed by atoms with Crippen LogP contribution >= 0.6 is 0 Å². The minimum absolute atomic E-state index is 0.216. The molecule has 2 aromatic carbocycles. The van der Waals surface area contributed by atoms with Crippen LogP contribution in [0.1, 0.15) is 35.1 Å². The molecule has 3 rings (SSSR count). The summed E-state index contributed by atoms with van der Waals surface area (Å²) >= 11 is 0. The second-order valence-corrected chi connectivity index (χ2v) is 7.08. The molecule has 4 heteroatoms. The van der Waals surface area contributed by atoms with E-state index in [-0.39, 0.29) is 11.8 Å². The van der Waals surface area contributed by atoms with Gasteiger partial charge in [0.1, 0.15) is 5.41 Å². The minimum atomic E-state index is -0.952. The number of para-hydroxylation sites is 1. The molecule has 0 saturated heterocycles. The lowest BCUT2D eigenvalue weighted by molar-refractivity contribution is -0.131.